The van der Waals surface area contributed by atoms with E-state index in [4.69, 9.17) is 25.2 Å². The highest BCUT2D eigenvalue weighted by molar-refractivity contribution is 6.03. The van der Waals surface area contributed by atoms with E-state index >= 15 is 0 Å². The monoisotopic (exact) mass is 504 g/mol. The van der Waals surface area contributed by atoms with E-state index < -0.39 is 5.91 Å². The summed E-state index contributed by atoms with van der Waals surface area (Å²) in [6.45, 7) is 6.11. The van der Waals surface area contributed by atoms with Gasteiger partial charge in [0.25, 0.3) is 5.91 Å². The highest BCUT2D eigenvalue weighted by Crippen LogP contribution is 2.34. The maximum absolute atomic E-state index is 12.3. The Morgan fingerprint density at radius 3 is 2.73 bits per heavy atom. The molecule has 194 valence electrons. The predicted molar refractivity (Wildman–Crippen MR) is 137 cm³/mol. The Morgan fingerprint density at radius 1 is 1.24 bits per heavy atom. The van der Waals surface area contributed by atoms with Crippen LogP contribution in [0.4, 0.5) is 0 Å². The second kappa shape index (κ2) is 11.9. The largest absolute Gasteiger partial charge is 0.490 e. The number of nitriles is 1. The Hall–Kier alpha value is -3.82. The number of benzene rings is 1. The number of nitrogens with zero attached hydrogens (tertiary/aromatic N) is 3. The minimum absolute atomic E-state index is 0.153. The number of hydrogen-bond donors (Lipinski definition) is 1. The molecule has 0 radical (unpaired) electrons. The van der Waals surface area contributed by atoms with Crippen molar-refractivity contribution in [2.24, 2.45) is 11.7 Å². The molecule has 0 saturated carbocycles. The Balaban J connectivity index is 1.73. The van der Waals surface area contributed by atoms with E-state index in [-0.39, 0.29) is 36.0 Å². The van der Waals surface area contributed by atoms with Gasteiger partial charge in [0.05, 0.1) is 29.8 Å². The van der Waals surface area contributed by atoms with Crippen LogP contribution in [0.5, 0.6) is 11.6 Å². The van der Waals surface area contributed by atoms with Crippen molar-refractivity contribution < 1.29 is 23.8 Å². The van der Waals surface area contributed by atoms with Gasteiger partial charge in [-0.05, 0) is 51.7 Å². The number of carbonyl (C=O) groups excluding carboxylic acids is 2. The second-order valence-corrected chi connectivity index (χ2v) is 9.61. The molecule has 2 fully saturated rings. The molecule has 2 aromatic rings. The van der Waals surface area contributed by atoms with E-state index in [0.717, 1.165) is 25.7 Å². The van der Waals surface area contributed by atoms with E-state index in [0.29, 0.717) is 54.3 Å². The summed E-state index contributed by atoms with van der Waals surface area (Å²) in [4.78, 5) is 30.8. The van der Waals surface area contributed by atoms with Gasteiger partial charge in [0.1, 0.15) is 18.3 Å². The van der Waals surface area contributed by atoms with Crippen molar-refractivity contribution in [3.63, 3.8) is 0 Å². The summed E-state index contributed by atoms with van der Waals surface area (Å²) in [5.41, 5.74) is 6.63. The average Bonchev–Trinajstić information content (AvgIpc) is 2.88. The summed E-state index contributed by atoms with van der Waals surface area (Å²) >= 11 is 0. The van der Waals surface area contributed by atoms with Crippen LogP contribution in [0.1, 0.15) is 61.9 Å². The third-order valence-corrected chi connectivity index (χ3v) is 6.45. The zero-order valence-electron chi connectivity index (χ0n) is 21.3. The lowest BCUT2D eigenvalue weighted by atomic mass is 9.99. The van der Waals surface area contributed by atoms with Crippen molar-refractivity contribution in [1.82, 2.24) is 9.88 Å². The fourth-order valence-electron chi connectivity index (χ4n) is 4.60. The first-order chi connectivity index (χ1) is 17.9. The molecule has 2 amide bonds. The lowest BCUT2D eigenvalue weighted by Crippen LogP contribution is -2.44. The molecule has 0 aliphatic carbocycles. The number of aromatic nitrogens is 1. The molecule has 4 rings (SSSR count). The molecule has 2 N–H and O–H groups in total. The first-order valence-corrected chi connectivity index (χ1v) is 12.7. The molecule has 1 aromatic heterocycles. The van der Waals surface area contributed by atoms with Gasteiger partial charge < -0.3 is 24.8 Å². The molecular weight excluding hydrogens is 472 g/mol. The molecule has 9 heteroatoms. The van der Waals surface area contributed by atoms with Crippen LogP contribution in [0.2, 0.25) is 0 Å². The summed E-state index contributed by atoms with van der Waals surface area (Å²) in [6.07, 6.45) is 4.31. The number of piperidine rings is 1. The Kier molecular flexibility index (Phi) is 8.47. The number of likely N-dealkylation sites (tertiary alicyclic amines) is 1. The first kappa shape index (κ1) is 26.2. The molecule has 0 spiro atoms. The smallest absolute Gasteiger partial charge is 0.252 e. The van der Waals surface area contributed by atoms with Crippen LogP contribution in [0.25, 0.3) is 10.8 Å². The minimum atomic E-state index is -0.598. The summed E-state index contributed by atoms with van der Waals surface area (Å²) in [7, 11) is 0. The van der Waals surface area contributed by atoms with Crippen molar-refractivity contribution in [3.8, 4) is 29.5 Å². The molecule has 2 aliphatic heterocycles. The highest BCUT2D eigenvalue weighted by atomic mass is 16.5. The van der Waals surface area contributed by atoms with E-state index in [1.165, 1.54) is 0 Å². The van der Waals surface area contributed by atoms with Crippen molar-refractivity contribution in [2.45, 2.75) is 58.2 Å². The number of amides is 2. The highest BCUT2D eigenvalue weighted by Gasteiger charge is 2.26. The Morgan fingerprint density at radius 2 is 2.03 bits per heavy atom. The van der Waals surface area contributed by atoms with Crippen LogP contribution >= 0.6 is 0 Å². The Bertz CT molecular complexity index is 1270. The molecule has 0 bridgehead atoms. The van der Waals surface area contributed by atoms with E-state index in [9.17, 15) is 9.59 Å². The van der Waals surface area contributed by atoms with Crippen molar-refractivity contribution in [2.75, 3.05) is 26.3 Å². The van der Waals surface area contributed by atoms with Crippen molar-refractivity contribution >= 4 is 22.6 Å². The molecule has 2 saturated heterocycles. The number of ether oxygens (including phenoxy) is 3. The van der Waals surface area contributed by atoms with Crippen molar-refractivity contribution in [3.05, 3.63) is 29.5 Å². The van der Waals surface area contributed by atoms with Gasteiger partial charge in [-0.2, -0.15) is 5.26 Å². The Labute approximate surface area is 216 Å². The molecule has 37 heavy (non-hydrogen) atoms. The summed E-state index contributed by atoms with van der Waals surface area (Å²) < 4.78 is 17.7. The number of carbonyl (C=O) groups is 2. The SMILES string of the molecule is CC(C)Oc1cc2c(OC3CCCN(C(=O)CC#N)C3)ncc(C#CC3CCOCC3)c2cc1C(N)=O. The van der Waals surface area contributed by atoms with Crippen LogP contribution in [0.15, 0.2) is 18.3 Å². The molecule has 1 aromatic carbocycles. The number of pyridine rings is 1. The minimum Gasteiger partial charge on any atom is -0.490 e. The fraction of sp³-hybridized carbons (Fsp3) is 0.500. The van der Waals surface area contributed by atoms with Gasteiger partial charge in [-0.1, -0.05) is 11.8 Å². The molecule has 2 aliphatic rings. The lowest BCUT2D eigenvalue weighted by molar-refractivity contribution is -0.132. The van der Waals surface area contributed by atoms with Gasteiger partial charge in [-0.25, -0.2) is 4.98 Å². The molecule has 3 heterocycles. The van der Waals surface area contributed by atoms with Crippen molar-refractivity contribution in [1.29, 1.82) is 5.26 Å². The normalized spacial score (nSPS) is 18.1. The van der Waals surface area contributed by atoms with Crippen LogP contribution in [-0.4, -0.2) is 60.2 Å². The summed E-state index contributed by atoms with van der Waals surface area (Å²) in [5.74, 6) is 6.74. The molecular formula is C28H32N4O5. The molecule has 9 nitrogen and oxygen atoms in total. The molecule has 1 atom stereocenters. The van der Waals surface area contributed by atoms with Crippen LogP contribution in [-0.2, 0) is 9.53 Å². The topological polar surface area (TPSA) is 128 Å². The zero-order chi connectivity index (χ0) is 26.4. The lowest BCUT2D eigenvalue weighted by Gasteiger charge is -2.32. The fourth-order valence-corrected chi connectivity index (χ4v) is 4.60. The number of nitrogens with two attached hydrogens (primary N) is 1. The quantitative estimate of drug-likeness (QED) is 0.599. The number of primary amides is 1. The number of fused-ring (bicyclic) bond motifs is 1. The van der Waals surface area contributed by atoms with Gasteiger partial charge >= 0.3 is 0 Å². The average molecular weight is 505 g/mol. The van der Waals surface area contributed by atoms with E-state index in [1.807, 2.05) is 19.9 Å². The van der Waals surface area contributed by atoms with Gasteiger partial charge in [0, 0.05) is 42.6 Å². The van der Waals surface area contributed by atoms with E-state index in [2.05, 4.69) is 16.8 Å². The van der Waals surface area contributed by atoms with Gasteiger partial charge in [-0.15, -0.1) is 0 Å². The van der Waals surface area contributed by atoms with Crippen LogP contribution in [0, 0.1) is 29.1 Å². The summed E-state index contributed by atoms with van der Waals surface area (Å²) in [5, 5.41) is 10.2. The van der Waals surface area contributed by atoms with E-state index in [1.54, 1.807) is 23.2 Å². The molecule has 1 unspecified atom stereocenters. The maximum Gasteiger partial charge on any atom is 0.252 e. The first-order valence-electron chi connectivity index (χ1n) is 12.7. The third-order valence-electron chi connectivity index (χ3n) is 6.45. The standard InChI is InChI=1S/C28H32N4O5/c1-18(2)36-25-15-23-22(14-24(25)27(30)34)20(6-5-19-8-12-35-13-9-19)16-31-28(23)37-21-4-3-11-32(17-21)26(33)7-10-29/h14-16,18-19,21H,3-4,7-9,11-13,17H2,1-2H3,(H2,30,34). The number of hydrogen-bond acceptors (Lipinski definition) is 7. The van der Waals surface area contributed by atoms with Crippen LogP contribution < -0.4 is 15.2 Å². The van der Waals surface area contributed by atoms with Gasteiger partial charge in [-0.3, -0.25) is 9.59 Å². The third kappa shape index (κ3) is 6.49. The van der Waals surface area contributed by atoms with Crippen LogP contribution in [0.3, 0.4) is 0 Å². The second-order valence-electron chi connectivity index (χ2n) is 9.61. The number of rotatable bonds is 6. The maximum atomic E-state index is 12.3. The zero-order valence-corrected chi connectivity index (χ0v) is 21.3. The van der Waals surface area contributed by atoms with Gasteiger partial charge in [0.15, 0.2) is 0 Å². The summed E-state index contributed by atoms with van der Waals surface area (Å²) in [6, 6.07) is 5.35. The van der Waals surface area contributed by atoms with Gasteiger partial charge in [0.2, 0.25) is 11.8 Å². The predicted octanol–water partition coefficient (Wildman–Crippen LogP) is 3.18.